The van der Waals surface area contributed by atoms with E-state index in [1.165, 1.54) is 36.5 Å². The molecule has 5 saturated carbocycles. The number of nitrogens with zero attached hydrogens (tertiary/aromatic N) is 2. The summed E-state index contributed by atoms with van der Waals surface area (Å²) in [4.78, 5) is 29.5. The number of carbonyl (C=O) groups is 2. The van der Waals surface area contributed by atoms with Gasteiger partial charge in [0.1, 0.15) is 12.1 Å². The number of imidazole rings is 1. The van der Waals surface area contributed by atoms with Gasteiger partial charge in [0.25, 0.3) is 0 Å². The van der Waals surface area contributed by atoms with Crippen molar-refractivity contribution >= 4 is 12.4 Å². The molecule has 6 rings (SSSR count). The van der Waals surface area contributed by atoms with Crippen LogP contribution in [0, 0.1) is 69.5 Å². The lowest BCUT2D eigenvalue weighted by atomic mass is 9.32. The van der Waals surface area contributed by atoms with Crippen LogP contribution >= 0.6 is 0 Å². The molecule has 6 nitrogen and oxygen atoms in total. The molecule has 0 amide bonds. The zero-order valence-corrected chi connectivity index (χ0v) is 26.6. The van der Waals surface area contributed by atoms with E-state index in [0.717, 1.165) is 38.5 Å². The first-order valence-electron chi connectivity index (χ1n) is 16.6. The second-order valence-corrected chi connectivity index (χ2v) is 16.5. The predicted molar refractivity (Wildman–Crippen MR) is 159 cm³/mol. The normalized spacial score (nSPS) is 47.3. The maximum atomic E-state index is 13.1. The minimum Gasteiger partial charge on any atom is -0.448 e. The molecule has 1 aromatic rings. The minimum atomic E-state index is -0.336. The fourth-order valence-electron chi connectivity index (χ4n) is 12.6. The Labute approximate surface area is 247 Å². The monoisotopic (exact) mass is 566 g/mol. The molecule has 0 radical (unpaired) electrons. The van der Waals surface area contributed by atoms with Gasteiger partial charge in [-0.25, -0.2) is 14.3 Å². The van der Waals surface area contributed by atoms with Crippen molar-refractivity contribution in [2.45, 2.75) is 119 Å². The lowest BCUT2D eigenvalue weighted by Gasteiger charge is -2.73. The summed E-state index contributed by atoms with van der Waals surface area (Å²) in [5.41, 5.74) is 0.572. The first-order valence-corrected chi connectivity index (χ1v) is 16.6. The van der Waals surface area contributed by atoms with Gasteiger partial charge in [-0.2, -0.15) is 0 Å². The van der Waals surface area contributed by atoms with Crippen LogP contribution in [0.2, 0.25) is 0 Å². The van der Waals surface area contributed by atoms with E-state index >= 15 is 0 Å². The summed E-state index contributed by atoms with van der Waals surface area (Å²) in [7, 11) is 0. The molecule has 228 valence electrons. The average molecular weight is 567 g/mol. The van der Waals surface area contributed by atoms with E-state index in [1.54, 1.807) is 12.4 Å². The SMILES string of the molecule is Cc1nccn1C(=O)OC[C@]12CC[C@@H](C(C)C=O)C1C1CCC3[C@@]4(C)CC[C@H](O)C(C)(C)C4CC[C@@]3(C)[C@]1(C)CC2. The molecule has 5 aliphatic rings. The van der Waals surface area contributed by atoms with Crippen LogP contribution in [0.15, 0.2) is 12.4 Å². The van der Waals surface area contributed by atoms with E-state index in [0.29, 0.717) is 42.0 Å². The molecular weight excluding hydrogens is 512 g/mol. The smallest absolute Gasteiger partial charge is 0.419 e. The van der Waals surface area contributed by atoms with Crippen LogP contribution in [0.25, 0.3) is 0 Å². The Morgan fingerprint density at radius 1 is 1.02 bits per heavy atom. The lowest BCUT2D eigenvalue weighted by molar-refractivity contribution is -0.250. The van der Waals surface area contributed by atoms with E-state index in [1.807, 2.05) is 6.92 Å². The minimum absolute atomic E-state index is 0.0234. The fourth-order valence-corrected chi connectivity index (χ4v) is 12.6. The van der Waals surface area contributed by atoms with Crippen LogP contribution in [0.5, 0.6) is 0 Å². The van der Waals surface area contributed by atoms with Crippen molar-refractivity contribution in [3.05, 3.63) is 18.2 Å². The molecule has 0 saturated heterocycles. The molecule has 1 N–H and O–H groups in total. The van der Waals surface area contributed by atoms with Crippen molar-refractivity contribution in [2.24, 2.45) is 62.6 Å². The summed E-state index contributed by atoms with van der Waals surface area (Å²) in [5, 5.41) is 11.0. The number of fused-ring (bicyclic) bond motifs is 7. The van der Waals surface area contributed by atoms with Crippen LogP contribution in [-0.4, -0.2) is 39.7 Å². The molecule has 0 aromatic carbocycles. The molecule has 1 heterocycles. The Bertz CT molecular complexity index is 1190. The summed E-state index contributed by atoms with van der Waals surface area (Å²) < 4.78 is 7.62. The zero-order valence-electron chi connectivity index (χ0n) is 26.6. The topological polar surface area (TPSA) is 81.4 Å². The lowest BCUT2D eigenvalue weighted by Crippen LogP contribution is -2.67. The number of aliphatic hydroxyl groups excluding tert-OH is 1. The Kier molecular flexibility index (Phi) is 6.92. The molecule has 5 fully saturated rings. The van der Waals surface area contributed by atoms with Crippen molar-refractivity contribution in [2.75, 3.05) is 6.61 Å². The molecule has 0 spiro atoms. The Balaban J connectivity index is 1.33. The molecule has 11 atom stereocenters. The van der Waals surface area contributed by atoms with Gasteiger partial charge in [0.05, 0.1) is 12.7 Å². The van der Waals surface area contributed by atoms with Crippen LogP contribution in [-0.2, 0) is 9.53 Å². The molecule has 1 aromatic heterocycles. The van der Waals surface area contributed by atoms with E-state index in [2.05, 4.69) is 46.5 Å². The number of rotatable bonds is 4. The number of aromatic nitrogens is 2. The van der Waals surface area contributed by atoms with Gasteiger partial charge in [-0.3, -0.25) is 0 Å². The Morgan fingerprint density at radius 3 is 2.46 bits per heavy atom. The molecule has 0 aliphatic heterocycles. The third-order valence-corrected chi connectivity index (χ3v) is 15.0. The quantitative estimate of drug-likeness (QED) is 0.383. The number of aliphatic hydroxyl groups is 1. The van der Waals surface area contributed by atoms with Crippen LogP contribution in [0.3, 0.4) is 0 Å². The molecule has 5 unspecified atom stereocenters. The van der Waals surface area contributed by atoms with Crippen molar-refractivity contribution in [3.63, 3.8) is 0 Å². The summed E-state index contributed by atoms with van der Waals surface area (Å²) in [6, 6.07) is 0. The number of ether oxygens (including phenoxy) is 1. The predicted octanol–water partition coefficient (Wildman–Crippen LogP) is 7.45. The number of hydrogen-bond donors (Lipinski definition) is 1. The standard InChI is InChI=1S/C35H54N2O4/c1-22(20-38)24-10-15-35(21-41-30(40)37-19-18-36-23(37)2)17-16-33(6)25(29(24)35)8-9-27-32(5)13-12-28(39)31(3,4)26(32)11-14-34(27,33)7/h18-20,22,24-29,39H,8-17,21H2,1-7H3/t22?,24-,25?,26?,27?,28-,29?,32-,33+,34+,35+/m0/s1. The highest BCUT2D eigenvalue weighted by atomic mass is 16.5. The summed E-state index contributed by atoms with van der Waals surface area (Å²) in [6.45, 7) is 16.9. The zero-order chi connectivity index (χ0) is 29.6. The summed E-state index contributed by atoms with van der Waals surface area (Å²) in [5.74, 6) is 3.15. The van der Waals surface area contributed by atoms with E-state index in [4.69, 9.17) is 4.74 Å². The maximum Gasteiger partial charge on any atom is 0.419 e. The Hall–Kier alpha value is -1.69. The fraction of sp³-hybridized carbons (Fsp3) is 0.857. The number of carbonyl (C=O) groups excluding carboxylic acids is 2. The van der Waals surface area contributed by atoms with E-state index in [-0.39, 0.29) is 45.2 Å². The third-order valence-electron chi connectivity index (χ3n) is 15.0. The molecule has 5 aliphatic carbocycles. The van der Waals surface area contributed by atoms with Gasteiger partial charge in [-0.15, -0.1) is 0 Å². The van der Waals surface area contributed by atoms with Crippen LogP contribution < -0.4 is 0 Å². The Morgan fingerprint density at radius 2 is 1.78 bits per heavy atom. The second-order valence-electron chi connectivity index (χ2n) is 16.5. The second kappa shape index (κ2) is 9.66. The van der Waals surface area contributed by atoms with Crippen molar-refractivity contribution in [1.29, 1.82) is 0 Å². The molecule has 6 heteroatoms. The first kappa shape index (κ1) is 29.4. The first-order chi connectivity index (χ1) is 19.2. The van der Waals surface area contributed by atoms with Gasteiger partial charge >= 0.3 is 6.09 Å². The van der Waals surface area contributed by atoms with Gasteiger partial charge in [-0.05, 0) is 122 Å². The summed E-state index contributed by atoms with van der Waals surface area (Å²) in [6.07, 6.45) is 15.2. The van der Waals surface area contributed by atoms with Gasteiger partial charge < -0.3 is 14.6 Å². The number of aldehydes is 1. The third kappa shape index (κ3) is 3.93. The van der Waals surface area contributed by atoms with Crippen molar-refractivity contribution in [3.8, 4) is 0 Å². The van der Waals surface area contributed by atoms with Gasteiger partial charge in [0.15, 0.2) is 0 Å². The molecular formula is C35H54N2O4. The highest BCUT2D eigenvalue weighted by Gasteiger charge is 2.71. The van der Waals surface area contributed by atoms with Gasteiger partial charge in [0.2, 0.25) is 0 Å². The van der Waals surface area contributed by atoms with E-state index < -0.39 is 0 Å². The number of aryl methyl sites for hydroxylation is 1. The molecule has 0 bridgehead atoms. The van der Waals surface area contributed by atoms with Crippen molar-refractivity contribution < 1.29 is 19.4 Å². The summed E-state index contributed by atoms with van der Waals surface area (Å²) >= 11 is 0. The highest BCUT2D eigenvalue weighted by Crippen LogP contribution is 2.77. The van der Waals surface area contributed by atoms with Gasteiger partial charge in [-0.1, -0.05) is 41.5 Å². The van der Waals surface area contributed by atoms with Crippen molar-refractivity contribution in [1.82, 2.24) is 9.55 Å². The van der Waals surface area contributed by atoms with E-state index in [9.17, 15) is 14.7 Å². The maximum absolute atomic E-state index is 13.1. The number of hydrogen-bond acceptors (Lipinski definition) is 5. The van der Waals surface area contributed by atoms with Gasteiger partial charge in [0, 0.05) is 23.7 Å². The average Bonchev–Trinajstić information content (AvgIpc) is 3.54. The highest BCUT2D eigenvalue weighted by molar-refractivity contribution is 5.71. The molecule has 41 heavy (non-hydrogen) atoms. The largest absolute Gasteiger partial charge is 0.448 e. The van der Waals surface area contributed by atoms with Crippen LogP contribution in [0.1, 0.15) is 112 Å². The van der Waals surface area contributed by atoms with Crippen LogP contribution in [0.4, 0.5) is 4.79 Å².